The van der Waals surface area contributed by atoms with Crippen molar-refractivity contribution in [2.45, 2.75) is 25.2 Å². The van der Waals surface area contributed by atoms with E-state index in [1.54, 1.807) is 12.1 Å². The lowest BCUT2D eigenvalue weighted by atomic mass is 9.93. The molecule has 1 aliphatic rings. The van der Waals surface area contributed by atoms with Crippen LogP contribution in [0.2, 0.25) is 0 Å². The average molecular weight is 163 g/mol. The van der Waals surface area contributed by atoms with Gasteiger partial charge in [-0.05, 0) is 42.4 Å². The Bertz CT molecular complexity index is 270. The fraction of sp³-hybridized carbons (Fsp3) is 0.364. The number of hydrogen-bond donors (Lipinski definition) is 0. The number of hydrogen-bond acceptors (Lipinski definition) is 0. The molecule has 1 heteroatoms. The third kappa shape index (κ3) is 1.13. The predicted octanol–water partition coefficient (Wildman–Crippen LogP) is 3.08. The Morgan fingerprint density at radius 2 is 1.83 bits per heavy atom. The molecule has 1 aliphatic carbocycles. The lowest BCUT2D eigenvalue weighted by Gasteiger charge is -2.11. The second-order valence-corrected chi connectivity index (χ2v) is 3.45. The highest BCUT2D eigenvalue weighted by Crippen LogP contribution is 2.50. The first kappa shape index (κ1) is 7.78. The van der Waals surface area contributed by atoms with Crippen LogP contribution in [0.3, 0.4) is 0 Å². The van der Waals surface area contributed by atoms with Gasteiger partial charge in [0.05, 0.1) is 0 Å². The Labute approximate surface area is 72.4 Å². The van der Waals surface area contributed by atoms with Gasteiger partial charge in [0.1, 0.15) is 5.82 Å². The second-order valence-electron chi connectivity index (χ2n) is 3.45. The molecule has 0 saturated heterocycles. The highest BCUT2D eigenvalue weighted by atomic mass is 19.1. The molecular weight excluding hydrogens is 151 g/mol. The molecule has 0 spiro atoms. The normalized spacial score (nSPS) is 19.2. The molecule has 0 nitrogen and oxygen atoms in total. The molecule has 1 fully saturated rings. The molecule has 0 bridgehead atoms. The molecular formula is C11H12F. The Morgan fingerprint density at radius 3 is 2.25 bits per heavy atom. The van der Waals surface area contributed by atoms with E-state index in [1.807, 2.05) is 12.1 Å². The van der Waals surface area contributed by atoms with Crippen molar-refractivity contribution in [1.29, 1.82) is 0 Å². The first-order valence-electron chi connectivity index (χ1n) is 4.33. The molecule has 2 rings (SSSR count). The Hall–Kier alpha value is -0.850. The monoisotopic (exact) mass is 163 g/mol. The largest absolute Gasteiger partial charge is 0.207 e. The first-order chi connectivity index (χ1) is 5.77. The van der Waals surface area contributed by atoms with E-state index in [0.717, 1.165) is 0 Å². The van der Waals surface area contributed by atoms with Crippen molar-refractivity contribution < 1.29 is 4.39 Å². The van der Waals surface area contributed by atoms with Gasteiger partial charge in [-0.1, -0.05) is 19.1 Å². The van der Waals surface area contributed by atoms with E-state index in [4.69, 9.17) is 0 Å². The molecule has 0 unspecified atom stereocenters. The van der Waals surface area contributed by atoms with E-state index in [1.165, 1.54) is 18.4 Å². The van der Waals surface area contributed by atoms with E-state index < -0.39 is 0 Å². The fourth-order valence-electron chi connectivity index (χ4n) is 1.66. The van der Waals surface area contributed by atoms with Crippen LogP contribution in [0.15, 0.2) is 24.3 Å². The third-order valence-electron chi connectivity index (χ3n) is 2.76. The molecule has 0 aliphatic heterocycles. The van der Waals surface area contributed by atoms with Crippen LogP contribution >= 0.6 is 0 Å². The molecule has 63 valence electrons. The van der Waals surface area contributed by atoms with Gasteiger partial charge in [0, 0.05) is 0 Å². The van der Waals surface area contributed by atoms with Crippen LogP contribution in [-0.2, 0) is 5.41 Å². The standard InChI is InChI=1S/C11H12F/c1-2-11(7-8-11)9-3-5-10(12)6-4-9/h2-6H,7-8H2,1H3. The summed E-state index contributed by atoms with van der Waals surface area (Å²) >= 11 is 0. The summed E-state index contributed by atoms with van der Waals surface area (Å²) in [6.45, 7) is 2.08. The van der Waals surface area contributed by atoms with Crippen molar-refractivity contribution in [3.63, 3.8) is 0 Å². The molecule has 1 aromatic carbocycles. The lowest BCUT2D eigenvalue weighted by molar-refractivity contribution is 0.625. The first-order valence-corrected chi connectivity index (χ1v) is 4.33. The van der Waals surface area contributed by atoms with E-state index in [9.17, 15) is 4.39 Å². The van der Waals surface area contributed by atoms with Crippen LogP contribution in [-0.4, -0.2) is 0 Å². The van der Waals surface area contributed by atoms with Gasteiger partial charge in [-0.15, -0.1) is 0 Å². The van der Waals surface area contributed by atoms with Gasteiger partial charge in [-0.2, -0.15) is 0 Å². The fourth-order valence-corrected chi connectivity index (χ4v) is 1.66. The highest BCUT2D eigenvalue weighted by Gasteiger charge is 2.42. The van der Waals surface area contributed by atoms with Crippen LogP contribution in [0, 0.1) is 12.2 Å². The van der Waals surface area contributed by atoms with Gasteiger partial charge < -0.3 is 0 Å². The molecule has 0 aromatic heterocycles. The van der Waals surface area contributed by atoms with E-state index in [-0.39, 0.29) is 11.2 Å². The van der Waals surface area contributed by atoms with Crippen LogP contribution in [0.5, 0.6) is 0 Å². The average Bonchev–Trinajstić information content (AvgIpc) is 2.86. The van der Waals surface area contributed by atoms with E-state index >= 15 is 0 Å². The van der Waals surface area contributed by atoms with Crippen LogP contribution in [0.4, 0.5) is 4.39 Å². The quantitative estimate of drug-likeness (QED) is 0.628. The molecule has 1 aromatic rings. The number of benzene rings is 1. The maximum atomic E-state index is 12.6. The smallest absolute Gasteiger partial charge is 0.123 e. The molecule has 1 saturated carbocycles. The van der Waals surface area contributed by atoms with E-state index in [2.05, 4.69) is 13.3 Å². The SMILES string of the molecule is C[CH]C1(c2ccc(F)cc2)CC1. The maximum absolute atomic E-state index is 12.6. The summed E-state index contributed by atoms with van der Waals surface area (Å²) in [5.74, 6) is -0.148. The minimum atomic E-state index is -0.148. The topological polar surface area (TPSA) is 0 Å². The van der Waals surface area contributed by atoms with Crippen molar-refractivity contribution in [2.75, 3.05) is 0 Å². The van der Waals surface area contributed by atoms with Crippen LogP contribution < -0.4 is 0 Å². The van der Waals surface area contributed by atoms with Gasteiger partial charge in [0.15, 0.2) is 0 Å². The predicted molar refractivity (Wildman–Crippen MR) is 47.3 cm³/mol. The van der Waals surface area contributed by atoms with Gasteiger partial charge in [-0.3, -0.25) is 0 Å². The Balaban J connectivity index is 2.29. The summed E-state index contributed by atoms with van der Waals surface area (Å²) in [7, 11) is 0. The van der Waals surface area contributed by atoms with Gasteiger partial charge in [-0.25, -0.2) is 4.39 Å². The van der Waals surface area contributed by atoms with Crippen molar-refractivity contribution in [3.05, 3.63) is 42.1 Å². The zero-order chi connectivity index (χ0) is 8.60. The van der Waals surface area contributed by atoms with Crippen molar-refractivity contribution in [1.82, 2.24) is 0 Å². The summed E-state index contributed by atoms with van der Waals surface area (Å²) < 4.78 is 12.6. The van der Waals surface area contributed by atoms with Gasteiger partial charge >= 0.3 is 0 Å². The summed E-state index contributed by atoms with van der Waals surface area (Å²) in [4.78, 5) is 0. The summed E-state index contributed by atoms with van der Waals surface area (Å²) in [6, 6.07) is 6.86. The minimum Gasteiger partial charge on any atom is -0.207 e. The van der Waals surface area contributed by atoms with Crippen molar-refractivity contribution >= 4 is 0 Å². The van der Waals surface area contributed by atoms with Gasteiger partial charge in [0.25, 0.3) is 0 Å². The Morgan fingerprint density at radius 1 is 1.25 bits per heavy atom. The zero-order valence-electron chi connectivity index (χ0n) is 7.18. The number of rotatable bonds is 2. The molecule has 12 heavy (non-hydrogen) atoms. The van der Waals surface area contributed by atoms with Gasteiger partial charge in [0.2, 0.25) is 0 Å². The van der Waals surface area contributed by atoms with Crippen molar-refractivity contribution in [2.24, 2.45) is 0 Å². The highest BCUT2D eigenvalue weighted by molar-refractivity contribution is 5.34. The lowest BCUT2D eigenvalue weighted by Crippen LogP contribution is -2.04. The number of halogens is 1. The molecule has 0 amide bonds. The summed E-state index contributed by atoms with van der Waals surface area (Å²) in [5, 5.41) is 0. The zero-order valence-corrected chi connectivity index (χ0v) is 7.18. The van der Waals surface area contributed by atoms with E-state index in [0.29, 0.717) is 0 Å². The summed E-state index contributed by atoms with van der Waals surface area (Å²) in [5.41, 5.74) is 1.54. The van der Waals surface area contributed by atoms with Crippen molar-refractivity contribution in [3.8, 4) is 0 Å². The molecule has 0 atom stereocenters. The third-order valence-corrected chi connectivity index (χ3v) is 2.76. The van der Waals surface area contributed by atoms with Crippen LogP contribution in [0.1, 0.15) is 25.3 Å². The minimum absolute atomic E-state index is 0.148. The molecule has 0 heterocycles. The molecule has 0 N–H and O–H groups in total. The molecule has 1 radical (unpaired) electrons. The maximum Gasteiger partial charge on any atom is 0.123 e. The Kier molecular flexibility index (Phi) is 1.67. The van der Waals surface area contributed by atoms with Crippen LogP contribution in [0.25, 0.3) is 0 Å². The second kappa shape index (κ2) is 2.58. The summed E-state index contributed by atoms with van der Waals surface area (Å²) in [6.07, 6.45) is 4.66.